The molecule has 7 nitrogen and oxygen atoms in total. The van der Waals surface area contributed by atoms with Crippen molar-refractivity contribution in [2.45, 2.75) is 19.4 Å². The number of anilines is 2. The summed E-state index contributed by atoms with van der Waals surface area (Å²) < 4.78 is 4.88. The van der Waals surface area contributed by atoms with Gasteiger partial charge in [-0.1, -0.05) is 0 Å². The van der Waals surface area contributed by atoms with Gasteiger partial charge in [0, 0.05) is 13.6 Å². The van der Waals surface area contributed by atoms with Crippen LogP contribution in [0.4, 0.5) is 11.9 Å². The maximum Gasteiger partial charge on any atom is 0.322 e. The molecule has 1 rings (SSSR count). The Bertz CT molecular complexity index is 363. The quantitative estimate of drug-likeness (QED) is 0.726. The van der Waals surface area contributed by atoms with Gasteiger partial charge in [-0.05, 0) is 13.8 Å². The fourth-order valence-electron chi connectivity index (χ4n) is 1.27. The van der Waals surface area contributed by atoms with Crippen molar-refractivity contribution in [3.8, 4) is 6.01 Å². The van der Waals surface area contributed by atoms with Crippen LogP contribution in [0, 0.1) is 0 Å². The number of hydrogen-bond donors (Lipinski definition) is 2. The molecule has 90 valence electrons. The predicted molar refractivity (Wildman–Crippen MR) is 60.4 cm³/mol. The van der Waals surface area contributed by atoms with E-state index in [0.717, 1.165) is 0 Å². The minimum absolute atomic E-state index is 0.0874. The molecule has 0 aliphatic heterocycles. The molecule has 0 radical (unpaired) electrons. The lowest BCUT2D eigenvalue weighted by molar-refractivity contribution is 0.0882. The number of nitrogens with two attached hydrogens (primary N) is 1. The molecule has 0 aliphatic rings. The van der Waals surface area contributed by atoms with E-state index in [1.807, 2.05) is 0 Å². The largest absolute Gasteiger partial charge is 0.467 e. The third-order valence-corrected chi connectivity index (χ3v) is 1.77. The zero-order chi connectivity index (χ0) is 12.3. The number of hydrogen-bond acceptors (Lipinski definition) is 7. The van der Waals surface area contributed by atoms with Crippen LogP contribution in [0.1, 0.15) is 13.8 Å². The van der Waals surface area contributed by atoms with Gasteiger partial charge in [-0.3, -0.25) is 0 Å². The van der Waals surface area contributed by atoms with Crippen molar-refractivity contribution in [3.05, 3.63) is 0 Å². The van der Waals surface area contributed by atoms with Crippen molar-refractivity contribution in [3.63, 3.8) is 0 Å². The van der Waals surface area contributed by atoms with E-state index < -0.39 is 5.60 Å². The SMILES string of the molecule is COc1nc(N)nc(N(C)CC(C)(C)O)n1. The van der Waals surface area contributed by atoms with Gasteiger partial charge in [0.25, 0.3) is 0 Å². The highest BCUT2D eigenvalue weighted by Crippen LogP contribution is 2.14. The first-order valence-electron chi connectivity index (χ1n) is 4.81. The summed E-state index contributed by atoms with van der Waals surface area (Å²) in [6.45, 7) is 3.77. The maximum atomic E-state index is 9.67. The first-order chi connectivity index (χ1) is 7.31. The summed E-state index contributed by atoms with van der Waals surface area (Å²) in [4.78, 5) is 13.4. The van der Waals surface area contributed by atoms with Gasteiger partial charge < -0.3 is 20.5 Å². The lowest BCUT2D eigenvalue weighted by atomic mass is 10.1. The molecule has 1 heterocycles. The molecule has 0 fully saturated rings. The molecule has 0 bridgehead atoms. The summed E-state index contributed by atoms with van der Waals surface area (Å²) >= 11 is 0. The van der Waals surface area contributed by atoms with Crippen molar-refractivity contribution in [1.82, 2.24) is 15.0 Å². The minimum Gasteiger partial charge on any atom is -0.467 e. The highest BCUT2D eigenvalue weighted by atomic mass is 16.5. The Hall–Kier alpha value is -1.63. The third-order valence-electron chi connectivity index (χ3n) is 1.77. The highest BCUT2D eigenvalue weighted by molar-refractivity contribution is 5.35. The van der Waals surface area contributed by atoms with Crippen LogP contribution < -0.4 is 15.4 Å². The maximum absolute atomic E-state index is 9.67. The van der Waals surface area contributed by atoms with Crippen LogP contribution in [0.2, 0.25) is 0 Å². The molecule has 0 saturated carbocycles. The Morgan fingerprint density at radius 1 is 1.38 bits per heavy atom. The van der Waals surface area contributed by atoms with Crippen LogP contribution in [0.15, 0.2) is 0 Å². The topological polar surface area (TPSA) is 97.4 Å². The molecular weight excluding hydrogens is 210 g/mol. The Kier molecular flexibility index (Phi) is 3.48. The second-order valence-electron chi connectivity index (χ2n) is 4.15. The highest BCUT2D eigenvalue weighted by Gasteiger charge is 2.18. The van der Waals surface area contributed by atoms with E-state index >= 15 is 0 Å². The third kappa shape index (κ3) is 3.50. The molecule has 0 saturated heterocycles. The standard InChI is InChI=1S/C9H17N5O2/c1-9(2,15)5-14(3)7-11-6(10)12-8(13-7)16-4/h15H,5H2,1-4H3,(H2,10,11,12,13). The molecule has 0 spiro atoms. The van der Waals surface area contributed by atoms with Crippen LogP contribution >= 0.6 is 0 Å². The molecule has 3 N–H and O–H groups in total. The number of ether oxygens (including phenoxy) is 1. The van der Waals surface area contributed by atoms with Gasteiger partial charge in [0.2, 0.25) is 11.9 Å². The summed E-state index contributed by atoms with van der Waals surface area (Å²) in [6.07, 6.45) is 0. The lowest BCUT2D eigenvalue weighted by Crippen LogP contribution is -2.37. The van der Waals surface area contributed by atoms with Crippen molar-refractivity contribution in [2.75, 3.05) is 31.3 Å². The van der Waals surface area contributed by atoms with Crippen molar-refractivity contribution < 1.29 is 9.84 Å². The van der Waals surface area contributed by atoms with Crippen LogP contribution in [0.5, 0.6) is 6.01 Å². The molecule has 0 aliphatic carbocycles. The normalized spacial score (nSPS) is 11.3. The predicted octanol–water partition coefficient (Wildman–Crippen LogP) is -0.331. The smallest absolute Gasteiger partial charge is 0.322 e. The van der Waals surface area contributed by atoms with Crippen LogP contribution in [-0.4, -0.2) is 46.4 Å². The summed E-state index contributed by atoms with van der Waals surface area (Å²) in [5.41, 5.74) is 4.66. The minimum atomic E-state index is -0.844. The number of nitrogen functional groups attached to an aromatic ring is 1. The van der Waals surface area contributed by atoms with E-state index in [9.17, 15) is 5.11 Å². The second-order valence-corrected chi connectivity index (χ2v) is 4.15. The average molecular weight is 227 g/mol. The van der Waals surface area contributed by atoms with Crippen LogP contribution in [0.25, 0.3) is 0 Å². The van der Waals surface area contributed by atoms with E-state index in [0.29, 0.717) is 12.5 Å². The average Bonchev–Trinajstić information content (AvgIpc) is 2.14. The number of nitrogens with zero attached hydrogens (tertiary/aromatic N) is 4. The summed E-state index contributed by atoms with van der Waals surface area (Å²) in [7, 11) is 3.21. The number of methoxy groups -OCH3 is 1. The van der Waals surface area contributed by atoms with Crippen molar-refractivity contribution in [2.24, 2.45) is 0 Å². The van der Waals surface area contributed by atoms with Crippen molar-refractivity contribution in [1.29, 1.82) is 0 Å². The zero-order valence-corrected chi connectivity index (χ0v) is 9.93. The molecule has 0 aromatic carbocycles. The van der Waals surface area contributed by atoms with Gasteiger partial charge in [-0.2, -0.15) is 15.0 Å². The Morgan fingerprint density at radius 2 is 2.00 bits per heavy atom. The summed E-state index contributed by atoms with van der Waals surface area (Å²) in [6, 6.07) is 0.157. The van der Waals surface area contributed by atoms with Gasteiger partial charge in [0.1, 0.15) is 0 Å². The fourth-order valence-corrected chi connectivity index (χ4v) is 1.27. The van der Waals surface area contributed by atoms with Gasteiger partial charge >= 0.3 is 6.01 Å². The Balaban J connectivity index is 2.90. The zero-order valence-electron chi connectivity index (χ0n) is 9.93. The lowest BCUT2D eigenvalue weighted by Gasteiger charge is -2.25. The van der Waals surface area contributed by atoms with Gasteiger partial charge in [-0.25, -0.2) is 0 Å². The fraction of sp³-hybridized carbons (Fsp3) is 0.667. The molecule has 1 aromatic heterocycles. The first kappa shape index (κ1) is 12.4. The van der Waals surface area contributed by atoms with Gasteiger partial charge in [-0.15, -0.1) is 0 Å². The van der Waals surface area contributed by atoms with E-state index in [2.05, 4.69) is 15.0 Å². The monoisotopic (exact) mass is 227 g/mol. The first-order valence-corrected chi connectivity index (χ1v) is 4.81. The van der Waals surface area contributed by atoms with Crippen LogP contribution in [-0.2, 0) is 0 Å². The van der Waals surface area contributed by atoms with Gasteiger partial charge in [0.15, 0.2) is 0 Å². The van der Waals surface area contributed by atoms with Gasteiger partial charge in [0.05, 0.1) is 12.7 Å². The Labute approximate surface area is 94.3 Å². The number of aromatic nitrogens is 3. The number of likely N-dealkylation sites (N-methyl/N-ethyl adjacent to an activating group) is 1. The molecule has 7 heteroatoms. The molecule has 1 aromatic rings. The molecule has 0 amide bonds. The van der Waals surface area contributed by atoms with Crippen LogP contribution in [0.3, 0.4) is 0 Å². The number of aliphatic hydroxyl groups is 1. The molecular formula is C9H17N5O2. The van der Waals surface area contributed by atoms with E-state index in [1.165, 1.54) is 7.11 Å². The summed E-state index contributed by atoms with van der Waals surface area (Å²) in [5.74, 6) is 0.455. The summed E-state index contributed by atoms with van der Waals surface area (Å²) in [5, 5.41) is 9.67. The molecule has 0 unspecified atom stereocenters. The van der Waals surface area contributed by atoms with Crippen molar-refractivity contribution >= 4 is 11.9 Å². The second kappa shape index (κ2) is 4.48. The van der Waals surface area contributed by atoms with E-state index in [1.54, 1.807) is 25.8 Å². The molecule has 0 atom stereocenters. The van der Waals surface area contributed by atoms with E-state index in [4.69, 9.17) is 10.5 Å². The Morgan fingerprint density at radius 3 is 2.50 bits per heavy atom. The molecule has 16 heavy (non-hydrogen) atoms. The van der Waals surface area contributed by atoms with E-state index in [-0.39, 0.29) is 12.0 Å². The number of rotatable bonds is 4.